The number of piperazine rings is 1. The van der Waals surface area contributed by atoms with Crippen molar-refractivity contribution in [1.29, 1.82) is 0 Å². The van der Waals surface area contributed by atoms with Gasteiger partial charge in [-0.25, -0.2) is 14.4 Å². The molecule has 13 heteroatoms. The second kappa shape index (κ2) is 14.7. The van der Waals surface area contributed by atoms with E-state index >= 15 is 4.39 Å². The Kier molecular flexibility index (Phi) is 10.1. The molecule has 0 atom stereocenters. The third kappa shape index (κ3) is 7.95. The van der Waals surface area contributed by atoms with E-state index in [4.69, 9.17) is 10.7 Å². The van der Waals surface area contributed by atoms with Crippen LogP contribution in [-0.4, -0.2) is 78.3 Å². The SMILES string of the molecule is NC(=O)CCCCCCCCCC(=O)N1CCN(C(=O)c2ccc(Nc3nc(C4CC4)cn4c(-c5cn[nH]c5)cnc34)c(F)c2)CC1. The summed E-state index contributed by atoms with van der Waals surface area (Å²) in [5, 5.41) is 10.0. The molecule has 1 aliphatic heterocycles. The zero-order valence-electron chi connectivity index (χ0n) is 26.6. The third-order valence-electron chi connectivity index (χ3n) is 9.00. The minimum absolute atomic E-state index is 0.114. The number of aromatic nitrogens is 5. The maximum atomic E-state index is 15.4. The van der Waals surface area contributed by atoms with Crippen LogP contribution in [0.4, 0.5) is 15.9 Å². The van der Waals surface area contributed by atoms with Gasteiger partial charge in [0.25, 0.3) is 5.91 Å². The number of benzene rings is 1. The number of halogens is 1. The number of primary amides is 1. The molecule has 0 radical (unpaired) electrons. The lowest BCUT2D eigenvalue weighted by atomic mass is 10.1. The summed E-state index contributed by atoms with van der Waals surface area (Å²) in [6, 6.07) is 4.43. The molecule has 6 rings (SSSR count). The van der Waals surface area contributed by atoms with Crippen molar-refractivity contribution in [2.24, 2.45) is 5.73 Å². The average molecular weight is 644 g/mol. The molecule has 4 N–H and O–H groups in total. The number of rotatable bonds is 15. The number of anilines is 2. The van der Waals surface area contributed by atoms with Gasteiger partial charge in [0, 0.05) is 68.5 Å². The van der Waals surface area contributed by atoms with Crippen LogP contribution >= 0.6 is 0 Å². The Hall–Kier alpha value is -4.81. The fourth-order valence-corrected chi connectivity index (χ4v) is 6.11. The first-order valence-electron chi connectivity index (χ1n) is 16.7. The molecular formula is C34H42FN9O3. The summed E-state index contributed by atoms with van der Waals surface area (Å²) < 4.78 is 17.4. The Morgan fingerprint density at radius 2 is 1.64 bits per heavy atom. The highest BCUT2D eigenvalue weighted by Crippen LogP contribution is 2.40. The second-order valence-corrected chi connectivity index (χ2v) is 12.5. The Morgan fingerprint density at radius 1 is 0.936 bits per heavy atom. The fourth-order valence-electron chi connectivity index (χ4n) is 6.11. The highest BCUT2D eigenvalue weighted by Gasteiger charge is 2.28. The topological polar surface area (TPSA) is 155 Å². The highest BCUT2D eigenvalue weighted by atomic mass is 19.1. The molecule has 12 nitrogen and oxygen atoms in total. The zero-order valence-corrected chi connectivity index (χ0v) is 26.6. The number of amides is 3. The van der Waals surface area contributed by atoms with Crippen LogP contribution < -0.4 is 11.1 Å². The smallest absolute Gasteiger partial charge is 0.254 e. The number of carbonyl (C=O) groups is 3. The Morgan fingerprint density at radius 3 is 2.30 bits per heavy atom. The summed E-state index contributed by atoms with van der Waals surface area (Å²) in [7, 11) is 0. The summed E-state index contributed by atoms with van der Waals surface area (Å²) >= 11 is 0. The number of imidazole rings is 1. The quantitative estimate of drug-likeness (QED) is 0.151. The number of fused-ring (bicyclic) bond motifs is 1. The number of hydrogen-bond donors (Lipinski definition) is 3. The van der Waals surface area contributed by atoms with E-state index in [1.165, 1.54) is 6.07 Å². The van der Waals surface area contributed by atoms with Gasteiger partial charge < -0.3 is 20.9 Å². The highest BCUT2D eigenvalue weighted by molar-refractivity contribution is 5.95. The summed E-state index contributed by atoms with van der Waals surface area (Å²) in [5.74, 6) is -0.140. The van der Waals surface area contributed by atoms with Crippen molar-refractivity contribution >= 4 is 34.9 Å². The number of carbonyl (C=O) groups excluding carboxylic acids is 3. The molecule has 1 aliphatic carbocycles. The zero-order chi connectivity index (χ0) is 32.8. The van der Waals surface area contributed by atoms with Crippen LogP contribution in [0, 0.1) is 5.82 Å². The van der Waals surface area contributed by atoms with Gasteiger partial charge in [-0.2, -0.15) is 5.10 Å². The van der Waals surface area contributed by atoms with Crippen LogP contribution in [0.15, 0.2) is 43.0 Å². The molecule has 47 heavy (non-hydrogen) atoms. The van der Waals surface area contributed by atoms with Crippen LogP contribution in [0.2, 0.25) is 0 Å². The molecule has 1 saturated carbocycles. The summed E-state index contributed by atoms with van der Waals surface area (Å²) in [4.78, 5) is 49.6. The van der Waals surface area contributed by atoms with E-state index in [-0.39, 0.29) is 29.0 Å². The van der Waals surface area contributed by atoms with Crippen LogP contribution in [0.3, 0.4) is 0 Å². The van der Waals surface area contributed by atoms with Crippen molar-refractivity contribution in [3.05, 3.63) is 60.1 Å². The molecule has 1 aromatic carbocycles. The first kappa shape index (κ1) is 32.1. The van der Waals surface area contributed by atoms with Gasteiger partial charge in [-0.3, -0.25) is 23.9 Å². The first-order valence-corrected chi connectivity index (χ1v) is 16.7. The molecule has 3 amide bonds. The monoisotopic (exact) mass is 643 g/mol. The number of nitrogens with one attached hydrogen (secondary N) is 2. The van der Waals surface area contributed by atoms with Gasteiger partial charge in [0.2, 0.25) is 11.8 Å². The standard InChI is InChI=1S/C34H42FN9O3/c35-26-18-24(34(47)43-16-14-42(15-17-43)31(46)9-7-5-3-1-2-4-6-8-30(36)45)12-13-27(26)40-32-33-37-21-29(25-19-38-39-20-25)44(33)22-28(41-32)23-10-11-23/h12-13,18-23H,1-11,14-17H2,(H2,36,45)(H,38,39)(H,40,41). The van der Waals surface area contributed by atoms with Gasteiger partial charge in [0.05, 0.1) is 29.5 Å². The number of hydrogen-bond acceptors (Lipinski definition) is 7. The molecule has 1 saturated heterocycles. The Bertz CT molecular complexity index is 1710. The lowest BCUT2D eigenvalue weighted by Crippen LogP contribution is -2.50. The molecule has 2 aliphatic rings. The molecule has 3 aromatic heterocycles. The van der Waals surface area contributed by atoms with Gasteiger partial charge >= 0.3 is 0 Å². The van der Waals surface area contributed by atoms with Crippen molar-refractivity contribution in [2.75, 3.05) is 31.5 Å². The summed E-state index contributed by atoms with van der Waals surface area (Å²) in [6.07, 6.45) is 17.3. The first-order chi connectivity index (χ1) is 22.9. The maximum Gasteiger partial charge on any atom is 0.254 e. The normalized spacial score (nSPS) is 14.9. The van der Waals surface area contributed by atoms with Gasteiger partial charge in [-0.05, 0) is 43.9 Å². The van der Waals surface area contributed by atoms with Crippen LogP contribution in [-0.2, 0) is 9.59 Å². The van der Waals surface area contributed by atoms with Gasteiger partial charge in [0.1, 0.15) is 5.82 Å². The van der Waals surface area contributed by atoms with Crippen LogP contribution in [0.1, 0.15) is 92.6 Å². The minimum Gasteiger partial charge on any atom is -0.370 e. The van der Waals surface area contributed by atoms with Gasteiger partial charge in [-0.15, -0.1) is 0 Å². The number of nitrogens with two attached hydrogens (primary N) is 1. The van der Waals surface area contributed by atoms with E-state index in [2.05, 4.69) is 20.5 Å². The third-order valence-corrected chi connectivity index (χ3v) is 9.00. The summed E-state index contributed by atoms with van der Waals surface area (Å²) in [5.41, 5.74) is 8.84. The molecule has 248 valence electrons. The van der Waals surface area contributed by atoms with Crippen LogP contribution in [0.5, 0.6) is 0 Å². The molecule has 4 heterocycles. The predicted octanol–water partition coefficient (Wildman–Crippen LogP) is 5.16. The predicted molar refractivity (Wildman–Crippen MR) is 175 cm³/mol. The number of aromatic amines is 1. The number of H-pyrrole nitrogens is 1. The van der Waals surface area contributed by atoms with Crippen LogP contribution in [0.25, 0.3) is 16.9 Å². The van der Waals surface area contributed by atoms with E-state index < -0.39 is 5.82 Å². The molecule has 0 spiro atoms. The molecular weight excluding hydrogens is 601 g/mol. The number of nitrogens with zero attached hydrogens (tertiary/aromatic N) is 6. The van der Waals surface area contributed by atoms with Crippen molar-refractivity contribution in [3.8, 4) is 11.3 Å². The number of unbranched alkanes of at least 4 members (excludes halogenated alkanes) is 6. The van der Waals surface area contributed by atoms with E-state index in [1.54, 1.807) is 35.6 Å². The van der Waals surface area contributed by atoms with E-state index in [9.17, 15) is 14.4 Å². The second-order valence-electron chi connectivity index (χ2n) is 12.5. The van der Waals surface area contributed by atoms with Crippen molar-refractivity contribution in [3.63, 3.8) is 0 Å². The minimum atomic E-state index is -0.561. The van der Waals surface area contributed by atoms with Crippen molar-refractivity contribution in [1.82, 2.24) is 34.4 Å². The van der Waals surface area contributed by atoms with E-state index in [0.717, 1.165) is 74.7 Å². The van der Waals surface area contributed by atoms with E-state index in [1.807, 2.05) is 15.5 Å². The lowest BCUT2D eigenvalue weighted by Gasteiger charge is -2.35. The lowest BCUT2D eigenvalue weighted by molar-refractivity contribution is -0.132. The molecule has 0 unspecified atom stereocenters. The van der Waals surface area contributed by atoms with Crippen molar-refractivity contribution in [2.45, 2.75) is 76.5 Å². The average Bonchev–Trinajstić information content (AvgIpc) is 3.61. The van der Waals surface area contributed by atoms with Crippen molar-refractivity contribution < 1.29 is 18.8 Å². The Labute approximate surface area is 272 Å². The largest absolute Gasteiger partial charge is 0.370 e. The van der Waals surface area contributed by atoms with Gasteiger partial charge in [0.15, 0.2) is 11.5 Å². The fraction of sp³-hybridized carbons (Fsp3) is 0.471. The molecule has 4 aromatic rings. The molecule has 2 fully saturated rings. The maximum absolute atomic E-state index is 15.4. The van der Waals surface area contributed by atoms with Gasteiger partial charge in [-0.1, -0.05) is 32.1 Å². The summed E-state index contributed by atoms with van der Waals surface area (Å²) in [6.45, 7) is 1.76. The molecule has 0 bridgehead atoms. The van der Waals surface area contributed by atoms with E-state index in [0.29, 0.717) is 56.4 Å². The Balaban J connectivity index is 1.00.